The molecule has 0 N–H and O–H groups in total. The van der Waals surface area contributed by atoms with Gasteiger partial charge in [0.1, 0.15) is 0 Å². The lowest BCUT2D eigenvalue weighted by atomic mass is 9.88. The Morgan fingerprint density at radius 2 is 1.32 bits per heavy atom. The zero-order valence-corrected chi connectivity index (χ0v) is 17.9. The van der Waals surface area contributed by atoms with Gasteiger partial charge in [-0.25, -0.2) is 0 Å². The molecular weight excluding hydrogens is 368 g/mol. The standard InChI is InChI=1S/C24H34O3S/c1-2-3-4-8-15-22(23-16-9-5-10-17-23)18-11-7-14-21-27-28(25,26)24-19-12-6-13-20-24/h5-6,9-10,12-13,16-17,19-20,22H,2-4,7-8,11,14-15,18,21H2,1H3. The Balaban J connectivity index is 1.71. The van der Waals surface area contributed by atoms with E-state index >= 15 is 0 Å². The molecule has 0 aromatic heterocycles. The molecule has 2 rings (SSSR count). The van der Waals surface area contributed by atoms with Crippen LogP contribution in [-0.4, -0.2) is 15.0 Å². The zero-order valence-electron chi connectivity index (χ0n) is 17.1. The Bertz CT molecular complexity index is 742. The fourth-order valence-electron chi connectivity index (χ4n) is 3.51. The minimum atomic E-state index is -3.62. The van der Waals surface area contributed by atoms with E-state index in [0.717, 1.165) is 25.7 Å². The average molecular weight is 403 g/mol. The molecule has 1 unspecified atom stereocenters. The summed E-state index contributed by atoms with van der Waals surface area (Å²) in [6, 6.07) is 19.1. The third-order valence-corrected chi connectivity index (χ3v) is 6.47. The van der Waals surface area contributed by atoms with Crippen molar-refractivity contribution in [3.8, 4) is 0 Å². The number of hydrogen-bond donors (Lipinski definition) is 0. The zero-order chi connectivity index (χ0) is 20.1. The highest BCUT2D eigenvalue weighted by atomic mass is 32.2. The molecule has 0 heterocycles. The summed E-state index contributed by atoms with van der Waals surface area (Å²) in [5.74, 6) is 0.604. The maximum Gasteiger partial charge on any atom is 0.296 e. The van der Waals surface area contributed by atoms with E-state index in [4.69, 9.17) is 4.18 Å². The third kappa shape index (κ3) is 8.15. The lowest BCUT2D eigenvalue weighted by Crippen LogP contribution is -2.07. The van der Waals surface area contributed by atoms with E-state index in [1.54, 1.807) is 30.3 Å². The quantitative estimate of drug-likeness (QED) is 0.261. The van der Waals surface area contributed by atoms with Gasteiger partial charge in [0, 0.05) is 0 Å². The summed E-state index contributed by atoms with van der Waals surface area (Å²) in [7, 11) is -3.62. The summed E-state index contributed by atoms with van der Waals surface area (Å²) in [6.45, 7) is 2.50. The Labute approximate surface area is 171 Å². The van der Waals surface area contributed by atoms with Crippen molar-refractivity contribution >= 4 is 10.1 Å². The van der Waals surface area contributed by atoms with E-state index in [9.17, 15) is 8.42 Å². The summed E-state index contributed by atoms with van der Waals surface area (Å²) >= 11 is 0. The molecule has 28 heavy (non-hydrogen) atoms. The van der Waals surface area contributed by atoms with Crippen LogP contribution < -0.4 is 0 Å². The van der Waals surface area contributed by atoms with Crippen molar-refractivity contribution in [3.63, 3.8) is 0 Å². The fourth-order valence-corrected chi connectivity index (χ4v) is 4.48. The van der Waals surface area contributed by atoms with Gasteiger partial charge in [0.05, 0.1) is 11.5 Å². The molecule has 0 saturated carbocycles. The van der Waals surface area contributed by atoms with Crippen LogP contribution in [0.1, 0.15) is 76.2 Å². The lowest BCUT2D eigenvalue weighted by Gasteiger charge is -2.17. The topological polar surface area (TPSA) is 43.4 Å². The van der Waals surface area contributed by atoms with E-state index < -0.39 is 10.1 Å². The van der Waals surface area contributed by atoms with Gasteiger partial charge < -0.3 is 0 Å². The molecule has 2 aromatic carbocycles. The summed E-state index contributed by atoms with van der Waals surface area (Å²) in [6.07, 6.45) is 10.4. The molecule has 154 valence electrons. The van der Waals surface area contributed by atoms with Gasteiger partial charge in [-0.3, -0.25) is 4.18 Å². The summed E-state index contributed by atoms with van der Waals surface area (Å²) in [5, 5.41) is 0. The highest BCUT2D eigenvalue weighted by Crippen LogP contribution is 2.28. The summed E-state index contributed by atoms with van der Waals surface area (Å²) < 4.78 is 29.4. The Kier molecular flexibility index (Phi) is 10.3. The normalized spacial score (nSPS) is 12.8. The first kappa shape index (κ1) is 22.6. The van der Waals surface area contributed by atoms with Crippen molar-refractivity contribution in [1.82, 2.24) is 0 Å². The van der Waals surface area contributed by atoms with Crippen LogP contribution in [0, 0.1) is 0 Å². The first-order chi connectivity index (χ1) is 13.6. The molecule has 0 bridgehead atoms. The van der Waals surface area contributed by atoms with Crippen LogP contribution in [0.5, 0.6) is 0 Å². The lowest BCUT2D eigenvalue weighted by molar-refractivity contribution is 0.305. The first-order valence-corrected chi connectivity index (χ1v) is 12.0. The predicted octanol–water partition coefficient (Wildman–Crippen LogP) is 6.71. The molecule has 4 heteroatoms. The molecule has 1 atom stereocenters. The molecule has 2 aromatic rings. The van der Waals surface area contributed by atoms with Crippen LogP contribution in [0.3, 0.4) is 0 Å². The summed E-state index contributed by atoms with van der Waals surface area (Å²) in [4.78, 5) is 0.228. The van der Waals surface area contributed by atoms with Gasteiger partial charge in [-0.2, -0.15) is 8.42 Å². The monoisotopic (exact) mass is 402 g/mol. The van der Waals surface area contributed by atoms with Crippen LogP contribution in [-0.2, 0) is 14.3 Å². The number of benzene rings is 2. The molecule has 0 spiro atoms. The minimum absolute atomic E-state index is 0.228. The minimum Gasteiger partial charge on any atom is -0.266 e. The van der Waals surface area contributed by atoms with Gasteiger partial charge in [0.25, 0.3) is 10.1 Å². The smallest absolute Gasteiger partial charge is 0.266 e. The number of hydrogen-bond acceptors (Lipinski definition) is 3. The fraction of sp³-hybridized carbons (Fsp3) is 0.500. The largest absolute Gasteiger partial charge is 0.296 e. The molecule has 0 radical (unpaired) electrons. The Morgan fingerprint density at radius 1 is 0.750 bits per heavy atom. The van der Waals surface area contributed by atoms with Crippen molar-refractivity contribution in [3.05, 3.63) is 66.2 Å². The second kappa shape index (κ2) is 12.7. The Hall–Kier alpha value is -1.65. The van der Waals surface area contributed by atoms with Crippen molar-refractivity contribution in [2.24, 2.45) is 0 Å². The van der Waals surface area contributed by atoms with E-state index in [1.165, 1.54) is 37.7 Å². The predicted molar refractivity (Wildman–Crippen MR) is 116 cm³/mol. The van der Waals surface area contributed by atoms with Crippen LogP contribution >= 0.6 is 0 Å². The maximum absolute atomic E-state index is 12.1. The van der Waals surface area contributed by atoms with Gasteiger partial charge in [-0.05, 0) is 42.9 Å². The first-order valence-electron chi connectivity index (χ1n) is 10.6. The van der Waals surface area contributed by atoms with Gasteiger partial charge >= 0.3 is 0 Å². The highest BCUT2D eigenvalue weighted by Gasteiger charge is 2.14. The van der Waals surface area contributed by atoms with Crippen molar-refractivity contribution in [2.45, 2.75) is 75.5 Å². The van der Waals surface area contributed by atoms with Crippen LogP contribution in [0.15, 0.2) is 65.6 Å². The van der Waals surface area contributed by atoms with E-state index in [-0.39, 0.29) is 11.5 Å². The molecule has 0 aliphatic heterocycles. The van der Waals surface area contributed by atoms with Crippen LogP contribution in [0.2, 0.25) is 0 Å². The third-order valence-electron chi connectivity index (χ3n) is 5.14. The number of unbranched alkanes of at least 4 members (excludes halogenated alkanes) is 5. The highest BCUT2D eigenvalue weighted by molar-refractivity contribution is 7.86. The maximum atomic E-state index is 12.1. The average Bonchev–Trinajstić information content (AvgIpc) is 2.73. The van der Waals surface area contributed by atoms with Crippen molar-refractivity contribution in [1.29, 1.82) is 0 Å². The van der Waals surface area contributed by atoms with Crippen molar-refractivity contribution in [2.75, 3.05) is 6.61 Å². The Morgan fingerprint density at radius 3 is 1.93 bits per heavy atom. The second-order valence-electron chi connectivity index (χ2n) is 7.40. The number of rotatable bonds is 14. The van der Waals surface area contributed by atoms with Crippen molar-refractivity contribution < 1.29 is 12.6 Å². The second-order valence-corrected chi connectivity index (χ2v) is 9.01. The van der Waals surface area contributed by atoms with E-state index in [2.05, 4.69) is 37.3 Å². The summed E-state index contributed by atoms with van der Waals surface area (Å²) in [5.41, 5.74) is 1.43. The van der Waals surface area contributed by atoms with Crippen LogP contribution in [0.25, 0.3) is 0 Å². The molecule has 0 aliphatic rings. The molecule has 0 fully saturated rings. The van der Waals surface area contributed by atoms with Gasteiger partial charge in [0.15, 0.2) is 0 Å². The molecule has 0 aliphatic carbocycles. The molecule has 0 amide bonds. The van der Waals surface area contributed by atoms with Gasteiger partial charge in [-0.15, -0.1) is 0 Å². The van der Waals surface area contributed by atoms with Crippen LogP contribution in [0.4, 0.5) is 0 Å². The van der Waals surface area contributed by atoms with E-state index in [0.29, 0.717) is 5.92 Å². The molecular formula is C24H34O3S. The van der Waals surface area contributed by atoms with Gasteiger partial charge in [-0.1, -0.05) is 94.0 Å². The SMILES string of the molecule is CCCCCCC(CCCCCOS(=O)(=O)c1ccccc1)c1ccccc1. The van der Waals surface area contributed by atoms with Gasteiger partial charge in [0.2, 0.25) is 0 Å². The molecule has 0 saturated heterocycles. The van der Waals surface area contributed by atoms with E-state index in [1.807, 2.05) is 0 Å². The molecule has 3 nitrogen and oxygen atoms in total.